The largest absolute Gasteiger partial charge is 0.372 e. The minimum Gasteiger partial charge on any atom is -0.372 e. The van der Waals surface area contributed by atoms with Gasteiger partial charge in [0.1, 0.15) is 0 Å². The van der Waals surface area contributed by atoms with E-state index in [9.17, 15) is 13.2 Å². The average Bonchev–Trinajstić information content (AvgIpc) is 2.65. The molecule has 0 aliphatic heterocycles. The van der Waals surface area contributed by atoms with Crippen molar-refractivity contribution in [3.63, 3.8) is 0 Å². The first-order chi connectivity index (χ1) is 12.4. The number of hydrogen-bond donors (Lipinski definition) is 1. The fraction of sp³-hybridized carbons (Fsp3) is 0.632. The molecule has 0 aliphatic rings. The second-order valence-electron chi connectivity index (χ2n) is 6.31. The number of hydrogen-bond acceptors (Lipinski definition) is 4. The highest BCUT2D eigenvalue weighted by atomic mass is 32.2. The number of nitrogens with one attached hydrogen (secondary N) is 1. The number of anilines is 1. The van der Waals surface area contributed by atoms with Gasteiger partial charge in [-0.05, 0) is 51.0 Å². The van der Waals surface area contributed by atoms with Crippen LogP contribution in [0.2, 0.25) is 0 Å². The zero-order chi connectivity index (χ0) is 19.6. The monoisotopic (exact) mass is 383 g/mol. The van der Waals surface area contributed by atoms with Crippen LogP contribution in [-0.2, 0) is 10.0 Å². The summed E-state index contributed by atoms with van der Waals surface area (Å²) in [6.45, 7) is 8.74. The molecular weight excluding hydrogens is 350 g/mol. The van der Waals surface area contributed by atoms with E-state index in [1.807, 2.05) is 24.3 Å². The van der Waals surface area contributed by atoms with Gasteiger partial charge < -0.3 is 10.2 Å². The molecule has 0 aromatic heterocycles. The third kappa shape index (κ3) is 6.96. The fourth-order valence-electron chi connectivity index (χ4n) is 2.61. The number of nitrogens with zero attached hydrogens (tertiary/aromatic N) is 2. The van der Waals surface area contributed by atoms with Gasteiger partial charge in [-0.1, -0.05) is 13.3 Å². The molecular formula is C19H33N3O3S. The number of unbranched alkanes of at least 4 members (excludes halogenated alkanes) is 1. The van der Waals surface area contributed by atoms with Crippen LogP contribution in [0.25, 0.3) is 0 Å². The van der Waals surface area contributed by atoms with Gasteiger partial charge in [-0.2, -0.15) is 0 Å². The van der Waals surface area contributed by atoms with E-state index >= 15 is 0 Å². The molecule has 0 atom stereocenters. The Morgan fingerprint density at radius 3 is 2.23 bits per heavy atom. The van der Waals surface area contributed by atoms with Crippen molar-refractivity contribution in [2.75, 3.05) is 43.9 Å². The maximum absolute atomic E-state index is 12.2. The van der Waals surface area contributed by atoms with Gasteiger partial charge in [-0.25, -0.2) is 12.7 Å². The smallest absolute Gasteiger partial charge is 0.251 e. The summed E-state index contributed by atoms with van der Waals surface area (Å²) >= 11 is 0. The summed E-state index contributed by atoms with van der Waals surface area (Å²) in [5, 5.41) is 2.85. The van der Waals surface area contributed by atoms with Crippen molar-refractivity contribution in [2.45, 2.75) is 40.0 Å². The first-order valence-electron chi connectivity index (χ1n) is 9.42. The highest BCUT2D eigenvalue weighted by Gasteiger charge is 2.14. The Labute approximate surface area is 158 Å². The van der Waals surface area contributed by atoms with E-state index < -0.39 is 10.0 Å². The second-order valence-corrected chi connectivity index (χ2v) is 8.68. The lowest BCUT2D eigenvalue weighted by atomic mass is 10.1. The van der Waals surface area contributed by atoms with E-state index in [0.717, 1.165) is 31.6 Å². The standard InChI is InChI=1S/C19H33N3O3S/c1-5-8-16-22(6-2)18-12-10-17(11-13-18)19(23)20-14-9-15-21(4)26(24,25)7-3/h10-13H,5-9,14-16H2,1-4H3,(H,20,23). The fourth-order valence-corrected chi connectivity index (χ4v) is 3.46. The molecule has 1 N–H and O–H groups in total. The van der Waals surface area contributed by atoms with Gasteiger partial charge in [0, 0.05) is 44.5 Å². The number of carbonyl (C=O) groups excluding carboxylic acids is 1. The number of sulfonamides is 1. The minimum atomic E-state index is -3.16. The van der Waals surface area contributed by atoms with Gasteiger partial charge in [-0.3, -0.25) is 4.79 Å². The molecule has 0 saturated carbocycles. The molecule has 1 amide bonds. The quantitative estimate of drug-likeness (QED) is 0.564. The third-order valence-corrected chi connectivity index (χ3v) is 6.29. The zero-order valence-corrected chi connectivity index (χ0v) is 17.3. The summed E-state index contributed by atoms with van der Waals surface area (Å²) in [5.74, 6) is -0.0379. The summed E-state index contributed by atoms with van der Waals surface area (Å²) in [5.41, 5.74) is 1.75. The van der Waals surface area contributed by atoms with E-state index in [1.54, 1.807) is 14.0 Å². The predicted octanol–water partition coefficient (Wildman–Crippen LogP) is 2.71. The summed E-state index contributed by atoms with van der Waals surface area (Å²) < 4.78 is 24.7. The molecule has 26 heavy (non-hydrogen) atoms. The van der Waals surface area contributed by atoms with Crippen LogP contribution in [-0.4, -0.2) is 57.6 Å². The first kappa shape index (κ1) is 22.4. The normalized spacial score (nSPS) is 11.6. The lowest BCUT2D eigenvalue weighted by molar-refractivity contribution is 0.0953. The molecule has 0 radical (unpaired) electrons. The number of carbonyl (C=O) groups is 1. The Bertz CT molecular complexity index is 644. The number of rotatable bonds is 12. The third-order valence-electron chi connectivity index (χ3n) is 4.43. The molecule has 1 aromatic carbocycles. The summed E-state index contributed by atoms with van der Waals surface area (Å²) in [6, 6.07) is 7.64. The van der Waals surface area contributed by atoms with Crippen LogP contribution < -0.4 is 10.2 Å². The SMILES string of the molecule is CCCCN(CC)c1ccc(C(=O)NCCCN(C)S(=O)(=O)CC)cc1. The van der Waals surface area contributed by atoms with Crippen molar-refractivity contribution in [1.82, 2.24) is 9.62 Å². The lowest BCUT2D eigenvalue weighted by Gasteiger charge is -2.23. The van der Waals surface area contributed by atoms with E-state index in [2.05, 4.69) is 24.1 Å². The Morgan fingerprint density at radius 2 is 1.69 bits per heavy atom. The molecule has 6 nitrogen and oxygen atoms in total. The van der Waals surface area contributed by atoms with Crippen LogP contribution in [0.15, 0.2) is 24.3 Å². The molecule has 1 aromatic rings. The summed E-state index contributed by atoms with van der Waals surface area (Å²) in [7, 11) is -1.59. The molecule has 0 fully saturated rings. The van der Waals surface area contributed by atoms with E-state index in [0.29, 0.717) is 25.1 Å². The Hall–Kier alpha value is -1.60. The molecule has 0 bridgehead atoms. The van der Waals surface area contributed by atoms with Crippen molar-refractivity contribution >= 4 is 21.6 Å². The zero-order valence-electron chi connectivity index (χ0n) is 16.5. The Kier molecular flexibility index (Phi) is 9.65. The minimum absolute atomic E-state index is 0.0925. The van der Waals surface area contributed by atoms with Crippen LogP contribution in [0, 0.1) is 0 Å². The summed E-state index contributed by atoms with van der Waals surface area (Å²) in [4.78, 5) is 14.5. The van der Waals surface area contributed by atoms with Crippen molar-refractivity contribution in [3.05, 3.63) is 29.8 Å². The first-order valence-corrected chi connectivity index (χ1v) is 11.0. The Balaban J connectivity index is 2.48. The Morgan fingerprint density at radius 1 is 1.04 bits per heavy atom. The van der Waals surface area contributed by atoms with Gasteiger partial charge >= 0.3 is 0 Å². The van der Waals surface area contributed by atoms with Gasteiger partial charge in [-0.15, -0.1) is 0 Å². The molecule has 0 spiro atoms. The van der Waals surface area contributed by atoms with Crippen LogP contribution in [0.3, 0.4) is 0 Å². The highest BCUT2D eigenvalue weighted by molar-refractivity contribution is 7.89. The number of amides is 1. The van der Waals surface area contributed by atoms with Gasteiger partial charge in [0.15, 0.2) is 0 Å². The maximum atomic E-state index is 12.2. The highest BCUT2D eigenvalue weighted by Crippen LogP contribution is 2.16. The average molecular weight is 384 g/mol. The van der Waals surface area contributed by atoms with Crippen LogP contribution in [0.1, 0.15) is 50.4 Å². The van der Waals surface area contributed by atoms with Crippen LogP contribution >= 0.6 is 0 Å². The topological polar surface area (TPSA) is 69.7 Å². The van der Waals surface area contributed by atoms with Crippen molar-refractivity contribution in [1.29, 1.82) is 0 Å². The molecule has 148 valence electrons. The molecule has 7 heteroatoms. The molecule has 0 heterocycles. The number of benzene rings is 1. The maximum Gasteiger partial charge on any atom is 0.251 e. The van der Waals surface area contributed by atoms with Crippen molar-refractivity contribution < 1.29 is 13.2 Å². The van der Waals surface area contributed by atoms with E-state index in [1.165, 1.54) is 4.31 Å². The van der Waals surface area contributed by atoms with Gasteiger partial charge in [0.2, 0.25) is 10.0 Å². The predicted molar refractivity (Wildman–Crippen MR) is 108 cm³/mol. The molecule has 0 saturated heterocycles. The van der Waals surface area contributed by atoms with E-state index in [-0.39, 0.29) is 11.7 Å². The summed E-state index contributed by atoms with van der Waals surface area (Å²) in [6.07, 6.45) is 2.89. The second kappa shape index (κ2) is 11.2. The molecule has 0 unspecified atom stereocenters. The van der Waals surface area contributed by atoms with Crippen LogP contribution in [0.5, 0.6) is 0 Å². The van der Waals surface area contributed by atoms with Crippen molar-refractivity contribution in [3.8, 4) is 0 Å². The molecule has 0 aliphatic carbocycles. The van der Waals surface area contributed by atoms with Crippen LogP contribution in [0.4, 0.5) is 5.69 Å². The van der Waals surface area contributed by atoms with E-state index in [4.69, 9.17) is 0 Å². The lowest BCUT2D eigenvalue weighted by Crippen LogP contribution is -2.32. The van der Waals surface area contributed by atoms with Crippen molar-refractivity contribution in [2.24, 2.45) is 0 Å². The molecule has 1 rings (SSSR count). The van der Waals surface area contributed by atoms with Gasteiger partial charge in [0.25, 0.3) is 5.91 Å². The van der Waals surface area contributed by atoms with Gasteiger partial charge in [0.05, 0.1) is 5.75 Å².